The van der Waals surface area contributed by atoms with E-state index in [-0.39, 0.29) is 11.9 Å². The molecule has 0 amide bonds. The number of hydrazone groups is 1. The van der Waals surface area contributed by atoms with E-state index in [2.05, 4.69) is 5.10 Å². The molecular weight excluding hydrogens is 244 g/mol. The summed E-state index contributed by atoms with van der Waals surface area (Å²) in [6, 6.07) is 2.92. The van der Waals surface area contributed by atoms with Gasteiger partial charge in [0.2, 0.25) is 0 Å². The molecule has 0 heterocycles. The molecule has 1 rings (SSSR count). The quantitative estimate of drug-likeness (QED) is 0.490. The van der Waals surface area contributed by atoms with Crippen molar-refractivity contribution in [2.24, 2.45) is 5.10 Å². The van der Waals surface area contributed by atoms with Crippen molar-refractivity contribution in [2.75, 3.05) is 5.43 Å². The Morgan fingerprint density at radius 3 is 2.59 bits per heavy atom. The number of carbonyl (C=O) groups is 1. The van der Waals surface area contributed by atoms with Crippen molar-refractivity contribution >= 4 is 17.7 Å². The molecule has 0 aliphatic carbocycles. The van der Waals surface area contributed by atoms with Crippen LogP contribution in [0.15, 0.2) is 23.3 Å². The Bertz CT molecular complexity index is 457. The van der Waals surface area contributed by atoms with E-state index in [0.717, 1.165) is 18.2 Å². The average molecular weight is 250 g/mol. The summed E-state index contributed by atoms with van der Waals surface area (Å²) in [5, 5.41) is 11.9. The summed E-state index contributed by atoms with van der Waals surface area (Å²) in [5.41, 5.74) is 2.07. The zero-order chi connectivity index (χ0) is 13.1. The standard InChI is InChI=1S/C9H6F4N2O2/c10-6-2-1-5(3-7(6)16)15-14-4-8(17)9(11,12)13/h1-4,15-16H/b14-4+. The number of carbonyl (C=O) groups excluding carboxylic acids is 1. The van der Waals surface area contributed by atoms with Crippen LogP contribution in [0, 0.1) is 5.82 Å². The van der Waals surface area contributed by atoms with Gasteiger partial charge in [0.05, 0.1) is 11.9 Å². The molecule has 0 aliphatic rings. The predicted molar refractivity (Wildman–Crippen MR) is 51.2 cm³/mol. The number of aromatic hydroxyl groups is 1. The molecule has 92 valence electrons. The fourth-order valence-corrected chi connectivity index (χ4v) is 0.821. The third-order valence-electron chi connectivity index (χ3n) is 1.60. The van der Waals surface area contributed by atoms with Crippen LogP contribution in [0.3, 0.4) is 0 Å². The molecule has 0 fully saturated rings. The van der Waals surface area contributed by atoms with E-state index in [1.807, 2.05) is 5.43 Å². The van der Waals surface area contributed by atoms with Crippen LogP contribution in [0.1, 0.15) is 0 Å². The van der Waals surface area contributed by atoms with Crippen LogP contribution < -0.4 is 5.43 Å². The monoisotopic (exact) mass is 250 g/mol. The fourth-order valence-electron chi connectivity index (χ4n) is 0.821. The van der Waals surface area contributed by atoms with E-state index in [0.29, 0.717) is 0 Å². The lowest BCUT2D eigenvalue weighted by Gasteiger charge is -2.02. The van der Waals surface area contributed by atoms with Gasteiger partial charge in [0.15, 0.2) is 11.6 Å². The van der Waals surface area contributed by atoms with Crippen LogP contribution in [0.4, 0.5) is 23.2 Å². The highest BCUT2D eigenvalue weighted by molar-refractivity contribution is 6.30. The Balaban J connectivity index is 2.65. The smallest absolute Gasteiger partial charge is 0.455 e. The van der Waals surface area contributed by atoms with Gasteiger partial charge in [0, 0.05) is 6.07 Å². The lowest BCUT2D eigenvalue weighted by Crippen LogP contribution is -2.23. The predicted octanol–water partition coefficient (Wildman–Crippen LogP) is 2.06. The maximum absolute atomic E-state index is 12.6. The van der Waals surface area contributed by atoms with Crippen LogP contribution in [0.2, 0.25) is 0 Å². The first-order valence-corrected chi connectivity index (χ1v) is 4.19. The maximum atomic E-state index is 12.6. The van der Waals surface area contributed by atoms with E-state index >= 15 is 0 Å². The maximum Gasteiger partial charge on any atom is 0.455 e. The van der Waals surface area contributed by atoms with Gasteiger partial charge in [-0.2, -0.15) is 18.3 Å². The number of rotatable bonds is 3. The Morgan fingerprint density at radius 2 is 2.06 bits per heavy atom. The van der Waals surface area contributed by atoms with Crippen molar-refractivity contribution in [2.45, 2.75) is 6.18 Å². The molecule has 1 aromatic carbocycles. The van der Waals surface area contributed by atoms with E-state index in [1.165, 1.54) is 0 Å². The first-order valence-electron chi connectivity index (χ1n) is 4.19. The third-order valence-corrected chi connectivity index (χ3v) is 1.60. The van der Waals surface area contributed by atoms with Gasteiger partial charge in [0.1, 0.15) is 0 Å². The molecule has 1 aromatic rings. The number of halogens is 4. The van der Waals surface area contributed by atoms with E-state index in [9.17, 15) is 22.4 Å². The molecule has 8 heteroatoms. The molecule has 0 unspecified atom stereocenters. The molecule has 17 heavy (non-hydrogen) atoms. The number of nitrogens with one attached hydrogen (secondary N) is 1. The van der Waals surface area contributed by atoms with Gasteiger partial charge in [-0.1, -0.05) is 0 Å². The number of hydrogen-bond donors (Lipinski definition) is 2. The minimum absolute atomic E-state index is 0.0372. The lowest BCUT2D eigenvalue weighted by molar-refractivity contribution is -0.162. The summed E-state index contributed by atoms with van der Waals surface area (Å²) >= 11 is 0. The summed E-state index contributed by atoms with van der Waals surface area (Å²) in [4.78, 5) is 10.4. The van der Waals surface area contributed by atoms with Crippen LogP contribution in [0.25, 0.3) is 0 Å². The average Bonchev–Trinajstić information content (AvgIpc) is 2.22. The number of ketones is 1. The van der Waals surface area contributed by atoms with Crippen LogP contribution in [0.5, 0.6) is 5.75 Å². The van der Waals surface area contributed by atoms with Gasteiger partial charge in [-0.15, -0.1) is 0 Å². The number of nitrogens with zero attached hydrogens (tertiary/aromatic N) is 1. The highest BCUT2D eigenvalue weighted by Crippen LogP contribution is 2.20. The molecule has 4 nitrogen and oxygen atoms in total. The molecular formula is C9H6F4N2O2. The van der Waals surface area contributed by atoms with Crippen molar-refractivity contribution in [1.82, 2.24) is 0 Å². The summed E-state index contributed by atoms with van der Waals surface area (Å²) in [6.45, 7) is 0. The Morgan fingerprint density at radius 1 is 1.41 bits per heavy atom. The highest BCUT2D eigenvalue weighted by atomic mass is 19.4. The number of benzene rings is 1. The number of phenolic OH excluding ortho intramolecular Hbond substituents is 1. The molecule has 0 spiro atoms. The van der Waals surface area contributed by atoms with Gasteiger partial charge >= 0.3 is 6.18 Å². The molecule has 0 bridgehead atoms. The van der Waals surface area contributed by atoms with E-state index in [1.54, 1.807) is 0 Å². The Hall–Kier alpha value is -2.12. The molecule has 0 saturated heterocycles. The van der Waals surface area contributed by atoms with Crippen LogP contribution in [-0.2, 0) is 4.79 Å². The van der Waals surface area contributed by atoms with Gasteiger partial charge in [0.25, 0.3) is 5.78 Å². The third kappa shape index (κ3) is 3.74. The summed E-state index contributed by atoms with van der Waals surface area (Å²) in [7, 11) is 0. The second kappa shape index (κ2) is 4.81. The normalized spacial score (nSPS) is 11.8. The van der Waals surface area contributed by atoms with Gasteiger partial charge in [-0.05, 0) is 12.1 Å². The number of hydrogen-bond acceptors (Lipinski definition) is 4. The summed E-state index contributed by atoms with van der Waals surface area (Å²) in [5.74, 6) is -3.70. The number of alkyl halides is 3. The number of Topliss-reactive ketones (excluding diaryl/α,β-unsaturated/α-hetero) is 1. The van der Waals surface area contributed by atoms with Crippen molar-refractivity contribution in [3.8, 4) is 5.75 Å². The Kier molecular flexibility index (Phi) is 3.66. The number of phenols is 1. The molecule has 2 N–H and O–H groups in total. The van der Waals surface area contributed by atoms with Crippen molar-refractivity contribution in [3.05, 3.63) is 24.0 Å². The van der Waals surface area contributed by atoms with Gasteiger partial charge in [-0.3, -0.25) is 10.2 Å². The van der Waals surface area contributed by atoms with Crippen molar-refractivity contribution < 1.29 is 27.5 Å². The first kappa shape index (κ1) is 12.9. The summed E-state index contributed by atoms with van der Waals surface area (Å²) in [6.07, 6.45) is -4.95. The Labute approximate surface area is 92.6 Å². The zero-order valence-electron chi connectivity index (χ0n) is 8.12. The molecule has 0 aliphatic heterocycles. The largest absolute Gasteiger partial charge is 0.505 e. The molecule has 0 saturated carbocycles. The second-order valence-electron chi connectivity index (χ2n) is 2.90. The van der Waals surface area contributed by atoms with E-state index in [4.69, 9.17) is 5.11 Å². The van der Waals surface area contributed by atoms with E-state index < -0.39 is 23.5 Å². The lowest BCUT2D eigenvalue weighted by atomic mass is 10.3. The molecule has 0 atom stereocenters. The SMILES string of the molecule is O=C(/C=N/Nc1ccc(F)c(O)c1)C(F)(F)F. The highest BCUT2D eigenvalue weighted by Gasteiger charge is 2.36. The minimum atomic E-state index is -4.99. The van der Waals surface area contributed by atoms with Crippen LogP contribution >= 0.6 is 0 Å². The number of anilines is 1. The van der Waals surface area contributed by atoms with Gasteiger partial charge in [-0.25, -0.2) is 4.39 Å². The fraction of sp³-hybridized carbons (Fsp3) is 0.111. The minimum Gasteiger partial charge on any atom is -0.505 e. The topological polar surface area (TPSA) is 61.7 Å². The van der Waals surface area contributed by atoms with Crippen molar-refractivity contribution in [1.29, 1.82) is 0 Å². The second-order valence-corrected chi connectivity index (χ2v) is 2.90. The molecule has 0 radical (unpaired) electrons. The van der Waals surface area contributed by atoms with Crippen molar-refractivity contribution in [3.63, 3.8) is 0 Å². The zero-order valence-corrected chi connectivity index (χ0v) is 8.12. The van der Waals surface area contributed by atoms with Gasteiger partial charge < -0.3 is 5.11 Å². The first-order chi connectivity index (χ1) is 7.80. The summed E-state index contributed by atoms with van der Waals surface area (Å²) < 4.78 is 47.8. The van der Waals surface area contributed by atoms with Crippen LogP contribution in [-0.4, -0.2) is 23.3 Å². The molecule has 0 aromatic heterocycles.